The van der Waals surface area contributed by atoms with Gasteiger partial charge in [0.2, 0.25) is 0 Å². The van der Waals surface area contributed by atoms with Gasteiger partial charge in [0.25, 0.3) is 0 Å². The molecule has 4 aliphatic rings. The second kappa shape index (κ2) is 10.5. The first-order valence-corrected chi connectivity index (χ1v) is 14.0. The van der Waals surface area contributed by atoms with Crippen molar-refractivity contribution in [3.05, 3.63) is 12.2 Å². The van der Waals surface area contributed by atoms with Crippen LogP contribution in [0.3, 0.4) is 0 Å². The molecule has 4 fully saturated rings. The molecule has 228 valence electrons. The molecule has 12 atom stereocenters. The molecule has 2 bridgehead atoms. The third-order valence-electron chi connectivity index (χ3n) is 9.33. The Labute approximate surface area is 242 Å². The lowest BCUT2D eigenvalue weighted by atomic mass is 9.51. The normalized spacial score (nSPS) is 45.1. The minimum absolute atomic E-state index is 0.0116. The smallest absolute Gasteiger partial charge is 0.312 e. The maximum Gasteiger partial charge on any atom is 0.312 e. The van der Waals surface area contributed by atoms with Crippen LogP contribution in [0, 0.1) is 23.2 Å². The first-order valence-electron chi connectivity index (χ1n) is 13.5. The van der Waals surface area contributed by atoms with Crippen molar-refractivity contribution in [1.82, 2.24) is 0 Å². The van der Waals surface area contributed by atoms with Crippen LogP contribution in [0.5, 0.6) is 0 Å². The predicted molar refractivity (Wildman–Crippen MR) is 139 cm³/mol. The molecule has 0 aromatic heterocycles. The largest absolute Gasteiger partial charge is 0.462 e. The second-order valence-electron chi connectivity index (χ2n) is 11.8. The molecule has 0 aromatic rings. The van der Waals surface area contributed by atoms with Crippen LogP contribution in [0.15, 0.2) is 12.2 Å². The molecular weight excluding hydrogens is 564 g/mol. The number of alkyl halides is 1. The van der Waals surface area contributed by atoms with Crippen molar-refractivity contribution in [2.75, 3.05) is 0 Å². The molecule has 12 nitrogen and oxygen atoms in total. The number of ether oxygens (including phenoxy) is 6. The summed E-state index contributed by atoms with van der Waals surface area (Å²) >= 11 is 6.80. The molecule has 0 amide bonds. The van der Waals surface area contributed by atoms with Crippen molar-refractivity contribution < 1.29 is 57.5 Å². The van der Waals surface area contributed by atoms with Gasteiger partial charge in [-0.25, -0.2) is 0 Å². The zero-order valence-electron chi connectivity index (χ0n) is 24.1. The van der Waals surface area contributed by atoms with Crippen molar-refractivity contribution in [1.29, 1.82) is 0 Å². The molecule has 3 heterocycles. The summed E-state index contributed by atoms with van der Waals surface area (Å²) in [5.41, 5.74) is -3.30. The Morgan fingerprint density at radius 2 is 1.49 bits per heavy atom. The van der Waals surface area contributed by atoms with Crippen molar-refractivity contribution in [3.63, 3.8) is 0 Å². The molecule has 0 radical (unpaired) electrons. The number of fused-ring (bicyclic) bond motifs is 2. The summed E-state index contributed by atoms with van der Waals surface area (Å²) in [5, 5.41) is 10.9. The fourth-order valence-corrected chi connectivity index (χ4v) is 7.92. The summed E-state index contributed by atoms with van der Waals surface area (Å²) in [5.74, 6) is -8.42. The fourth-order valence-electron chi connectivity index (χ4n) is 7.50. The van der Waals surface area contributed by atoms with Gasteiger partial charge in [-0.15, -0.1) is 11.6 Å². The number of hydrogen-bond donors (Lipinski definition) is 1. The Morgan fingerprint density at radius 1 is 0.951 bits per heavy atom. The Hall–Kier alpha value is -2.70. The van der Waals surface area contributed by atoms with Crippen molar-refractivity contribution in [3.8, 4) is 0 Å². The highest BCUT2D eigenvalue weighted by Crippen LogP contribution is 2.63. The summed E-state index contributed by atoms with van der Waals surface area (Å²) in [7, 11) is 0. The van der Waals surface area contributed by atoms with Crippen molar-refractivity contribution in [2.24, 2.45) is 23.2 Å². The van der Waals surface area contributed by atoms with Crippen LogP contribution < -0.4 is 0 Å². The zero-order valence-corrected chi connectivity index (χ0v) is 24.9. The van der Waals surface area contributed by atoms with E-state index in [-0.39, 0.29) is 12.0 Å². The predicted octanol–water partition coefficient (Wildman–Crippen LogP) is 1.96. The van der Waals surface area contributed by atoms with Gasteiger partial charge in [0, 0.05) is 63.4 Å². The topological polar surface area (TPSA) is 161 Å². The lowest BCUT2D eigenvalue weighted by Gasteiger charge is -2.63. The van der Waals surface area contributed by atoms with Crippen LogP contribution in [0.2, 0.25) is 0 Å². The van der Waals surface area contributed by atoms with Crippen molar-refractivity contribution >= 4 is 41.4 Å². The van der Waals surface area contributed by atoms with Crippen LogP contribution in [0.1, 0.15) is 61.3 Å². The van der Waals surface area contributed by atoms with Gasteiger partial charge in [0.1, 0.15) is 24.4 Å². The van der Waals surface area contributed by atoms with E-state index in [0.717, 1.165) is 0 Å². The summed E-state index contributed by atoms with van der Waals surface area (Å²) in [6.45, 7) is 13.7. The molecule has 1 spiro atoms. The zero-order chi connectivity index (χ0) is 30.8. The molecule has 1 saturated carbocycles. The first kappa shape index (κ1) is 31.2. The van der Waals surface area contributed by atoms with E-state index in [4.69, 9.17) is 40.0 Å². The monoisotopic (exact) mass is 600 g/mol. The maximum absolute atomic E-state index is 13.2. The third-order valence-corrected chi connectivity index (χ3v) is 9.82. The number of esters is 5. The average molecular weight is 601 g/mol. The molecule has 1 aliphatic carbocycles. The standard InChI is InChI=1S/C28H37ClO12/c1-11-18(36-14(4)30)9-19(37-15(5)31)26(8)20(38-16(6)32)10-27(35)12(2)22(29)24-28(41-27,13(3)25(34)40-24)23(21(11)26)39-17(7)33/h11,13,18-24,35H,2,9-10H2,1,3-8H3/t11?,13-,18+,19-,20?,21+,22-,23?,24-,26?,27-,28+/m0/s1. The Kier molecular flexibility index (Phi) is 8.03. The number of aliphatic hydroxyl groups is 1. The van der Waals surface area contributed by atoms with E-state index in [9.17, 15) is 29.1 Å². The molecule has 1 N–H and O–H groups in total. The number of rotatable bonds is 4. The number of halogens is 1. The molecule has 13 heteroatoms. The summed E-state index contributed by atoms with van der Waals surface area (Å²) in [6.07, 6.45) is -6.18. The molecule has 0 aromatic carbocycles. The quantitative estimate of drug-likeness (QED) is 0.216. The summed E-state index contributed by atoms with van der Waals surface area (Å²) in [4.78, 5) is 63.0. The molecule has 3 aliphatic heterocycles. The van der Waals surface area contributed by atoms with Gasteiger partial charge in [-0.05, 0) is 6.92 Å². The highest BCUT2D eigenvalue weighted by molar-refractivity contribution is 6.23. The van der Waals surface area contributed by atoms with E-state index < -0.39 is 107 Å². The molecular formula is C28H37ClO12. The Balaban J connectivity index is 2.08. The SMILES string of the molecule is C=C1[C@H](Cl)[C@@H]2OC(=O)[C@H](C)[C@]23O[C@@]1(O)CC(OC(C)=O)C1(C)[C@H](C(C)[C@H](OC(C)=O)C[C@@H]1OC(C)=O)C3OC(C)=O. The Morgan fingerprint density at radius 3 is 2.02 bits per heavy atom. The van der Waals surface area contributed by atoms with Crippen LogP contribution in [-0.2, 0) is 52.4 Å². The summed E-state index contributed by atoms with van der Waals surface area (Å²) in [6, 6.07) is 0. The molecule has 4 rings (SSSR count). The van der Waals surface area contributed by atoms with E-state index in [1.807, 2.05) is 0 Å². The van der Waals surface area contributed by atoms with Crippen LogP contribution >= 0.6 is 11.6 Å². The minimum atomic E-state index is -2.28. The molecule has 4 unspecified atom stereocenters. The van der Waals surface area contributed by atoms with E-state index >= 15 is 0 Å². The van der Waals surface area contributed by atoms with Crippen LogP contribution in [0.25, 0.3) is 0 Å². The van der Waals surface area contributed by atoms with Gasteiger partial charge < -0.3 is 33.5 Å². The summed E-state index contributed by atoms with van der Waals surface area (Å²) < 4.78 is 35.4. The van der Waals surface area contributed by atoms with Gasteiger partial charge in [-0.2, -0.15) is 0 Å². The van der Waals surface area contributed by atoms with Gasteiger partial charge in [0.15, 0.2) is 17.5 Å². The fraction of sp³-hybridized carbons (Fsp3) is 0.750. The van der Waals surface area contributed by atoms with Crippen molar-refractivity contribution in [2.45, 2.75) is 109 Å². The second-order valence-corrected chi connectivity index (χ2v) is 12.3. The minimum Gasteiger partial charge on any atom is -0.462 e. The van der Waals surface area contributed by atoms with Gasteiger partial charge in [0.05, 0.1) is 11.3 Å². The maximum atomic E-state index is 13.2. The highest BCUT2D eigenvalue weighted by atomic mass is 35.5. The van der Waals surface area contributed by atoms with Gasteiger partial charge in [-0.1, -0.05) is 20.4 Å². The van der Waals surface area contributed by atoms with E-state index in [1.165, 1.54) is 34.6 Å². The van der Waals surface area contributed by atoms with E-state index in [2.05, 4.69) is 6.58 Å². The van der Waals surface area contributed by atoms with Gasteiger partial charge in [-0.3, -0.25) is 24.0 Å². The lowest BCUT2D eigenvalue weighted by molar-refractivity contribution is -0.355. The highest BCUT2D eigenvalue weighted by Gasteiger charge is 2.77. The van der Waals surface area contributed by atoms with Gasteiger partial charge >= 0.3 is 29.8 Å². The molecule has 41 heavy (non-hydrogen) atoms. The molecule has 3 saturated heterocycles. The number of hydrogen-bond acceptors (Lipinski definition) is 12. The first-order chi connectivity index (χ1) is 18.9. The van der Waals surface area contributed by atoms with Crippen LogP contribution in [-0.4, -0.2) is 82.2 Å². The van der Waals surface area contributed by atoms with E-state index in [0.29, 0.717) is 0 Å². The number of carbonyl (C=O) groups is 5. The Bertz CT molecular complexity index is 1170. The average Bonchev–Trinajstić information content (AvgIpc) is 3.09. The number of carbonyl (C=O) groups excluding carboxylic acids is 5. The lowest BCUT2D eigenvalue weighted by Crippen LogP contribution is -2.76. The third kappa shape index (κ3) is 4.81. The van der Waals surface area contributed by atoms with Crippen LogP contribution in [0.4, 0.5) is 0 Å². The van der Waals surface area contributed by atoms with E-state index in [1.54, 1.807) is 13.8 Å².